The average molecular weight is 373 g/mol. The van der Waals surface area contributed by atoms with Crippen molar-refractivity contribution in [3.8, 4) is 11.3 Å². The number of halogens is 1. The Morgan fingerprint density at radius 3 is 2.62 bits per heavy atom. The van der Waals surface area contributed by atoms with Crippen molar-refractivity contribution in [3.63, 3.8) is 0 Å². The van der Waals surface area contributed by atoms with Crippen LogP contribution in [0.1, 0.15) is 10.4 Å². The van der Waals surface area contributed by atoms with Gasteiger partial charge in [-0.15, -0.1) is 0 Å². The summed E-state index contributed by atoms with van der Waals surface area (Å²) >= 11 is 3.36. The normalized spacial score (nSPS) is 11.5. The predicted molar refractivity (Wildman–Crippen MR) is 82.0 cm³/mol. The first-order chi connectivity index (χ1) is 9.78. The van der Waals surface area contributed by atoms with Gasteiger partial charge in [0.1, 0.15) is 21.1 Å². The van der Waals surface area contributed by atoms with E-state index in [1.807, 2.05) is 6.07 Å². The molecule has 1 aromatic carbocycles. The Labute approximate surface area is 130 Å². The van der Waals surface area contributed by atoms with Gasteiger partial charge in [0, 0.05) is 22.5 Å². The molecule has 6 nitrogen and oxygen atoms in total. The lowest BCUT2D eigenvalue weighted by molar-refractivity contribution is 0.0697. The average Bonchev–Trinajstić information content (AvgIpc) is 2.80. The van der Waals surface area contributed by atoms with Gasteiger partial charge in [0.05, 0.1) is 12.3 Å². The zero-order chi connectivity index (χ0) is 15.6. The van der Waals surface area contributed by atoms with Crippen LogP contribution in [-0.2, 0) is 16.4 Å². The van der Waals surface area contributed by atoms with Gasteiger partial charge in [-0.05, 0) is 6.07 Å². The van der Waals surface area contributed by atoms with E-state index in [2.05, 4.69) is 21.0 Å². The lowest BCUT2D eigenvalue weighted by Crippen LogP contribution is -2.11. The third-order valence-corrected chi connectivity index (χ3v) is 4.43. The van der Waals surface area contributed by atoms with E-state index in [9.17, 15) is 18.3 Å². The van der Waals surface area contributed by atoms with Gasteiger partial charge < -0.3 is 5.11 Å². The second kappa shape index (κ2) is 5.98. The molecule has 0 unspecified atom stereocenters. The maximum Gasteiger partial charge on any atom is 0.339 e. The van der Waals surface area contributed by atoms with E-state index in [0.717, 1.165) is 10.7 Å². The van der Waals surface area contributed by atoms with Crippen LogP contribution in [-0.4, -0.2) is 41.3 Å². The van der Waals surface area contributed by atoms with Gasteiger partial charge in [0.25, 0.3) is 0 Å². The van der Waals surface area contributed by atoms with E-state index in [1.54, 1.807) is 18.2 Å². The number of nitrogens with zero attached hydrogens (tertiary/aromatic N) is 2. The lowest BCUT2D eigenvalue weighted by Gasteiger charge is -2.02. The first kappa shape index (κ1) is 15.7. The number of carboxylic acid groups (broad SMARTS) is 1. The molecule has 8 heteroatoms. The minimum Gasteiger partial charge on any atom is -0.478 e. The minimum absolute atomic E-state index is 0.0374. The largest absolute Gasteiger partial charge is 0.478 e. The Balaban J connectivity index is 2.44. The van der Waals surface area contributed by atoms with Crippen LogP contribution >= 0.6 is 15.9 Å². The number of rotatable bonds is 5. The Kier molecular flexibility index (Phi) is 4.48. The van der Waals surface area contributed by atoms with E-state index in [0.29, 0.717) is 11.3 Å². The highest BCUT2D eigenvalue weighted by Gasteiger charge is 2.19. The lowest BCUT2D eigenvalue weighted by atomic mass is 10.1. The van der Waals surface area contributed by atoms with Crippen molar-refractivity contribution in [1.29, 1.82) is 0 Å². The number of carboxylic acids is 1. The van der Waals surface area contributed by atoms with Crippen molar-refractivity contribution in [3.05, 3.63) is 40.5 Å². The maximum absolute atomic E-state index is 11.3. The molecular formula is C13H13BrN2O4S. The van der Waals surface area contributed by atoms with Crippen molar-refractivity contribution in [2.75, 3.05) is 12.0 Å². The van der Waals surface area contributed by atoms with Crippen LogP contribution in [0.3, 0.4) is 0 Å². The molecule has 0 saturated heterocycles. The molecule has 0 atom stereocenters. The van der Waals surface area contributed by atoms with Gasteiger partial charge in [-0.2, -0.15) is 5.10 Å². The molecule has 0 fully saturated rings. The molecule has 1 heterocycles. The number of hydrogen-bond donors (Lipinski definition) is 1. The van der Waals surface area contributed by atoms with E-state index in [4.69, 9.17) is 0 Å². The van der Waals surface area contributed by atoms with Crippen LogP contribution in [0.4, 0.5) is 0 Å². The second-order valence-electron chi connectivity index (χ2n) is 4.57. The number of aromatic carboxylic acids is 1. The second-order valence-corrected chi connectivity index (χ2v) is 7.68. The highest BCUT2D eigenvalue weighted by atomic mass is 79.9. The summed E-state index contributed by atoms with van der Waals surface area (Å²) in [5.41, 5.74) is 0.992. The molecule has 0 aliphatic carbocycles. The molecule has 1 aromatic heterocycles. The zero-order valence-electron chi connectivity index (χ0n) is 11.2. The smallest absolute Gasteiger partial charge is 0.339 e. The van der Waals surface area contributed by atoms with Gasteiger partial charge in [0.15, 0.2) is 0 Å². The molecule has 1 N–H and O–H groups in total. The van der Waals surface area contributed by atoms with E-state index >= 15 is 0 Å². The third-order valence-electron chi connectivity index (χ3n) is 2.81. The molecule has 0 bridgehead atoms. The Bertz CT molecular complexity index is 783. The van der Waals surface area contributed by atoms with Gasteiger partial charge in [-0.1, -0.05) is 34.1 Å². The van der Waals surface area contributed by atoms with Crippen LogP contribution < -0.4 is 0 Å². The highest BCUT2D eigenvalue weighted by Crippen LogP contribution is 2.29. The summed E-state index contributed by atoms with van der Waals surface area (Å²) in [7, 11) is -3.14. The number of aromatic nitrogens is 2. The number of aryl methyl sites for hydroxylation is 1. The molecule has 2 rings (SSSR count). The van der Waals surface area contributed by atoms with E-state index < -0.39 is 15.8 Å². The summed E-state index contributed by atoms with van der Waals surface area (Å²) in [6.07, 6.45) is 2.48. The number of carbonyl (C=O) groups is 1. The van der Waals surface area contributed by atoms with Gasteiger partial charge >= 0.3 is 5.97 Å². The molecule has 0 spiro atoms. The van der Waals surface area contributed by atoms with Gasteiger partial charge in [-0.3, -0.25) is 4.68 Å². The fraction of sp³-hybridized carbons (Fsp3) is 0.231. The zero-order valence-corrected chi connectivity index (χ0v) is 13.6. The summed E-state index contributed by atoms with van der Waals surface area (Å²) in [6, 6.07) is 7.13. The van der Waals surface area contributed by atoms with Crippen molar-refractivity contribution in [2.24, 2.45) is 0 Å². The number of hydrogen-bond acceptors (Lipinski definition) is 4. The quantitative estimate of drug-likeness (QED) is 0.867. The molecular weight excluding hydrogens is 360 g/mol. The molecule has 0 amide bonds. The molecule has 21 heavy (non-hydrogen) atoms. The fourth-order valence-electron chi connectivity index (χ4n) is 1.80. The molecule has 0 aliphatic heterocycles. The van der Waals surface area contributed by atoms with Gasteiger partial charge in [0.2, 0.25) is 0 Å². The SMILES string of the molecule is CS(=O)(=O)CCn1cc(C(=O)O)c(-c2ccccc2Br)n1. The van der Waals surface area contributed by atoms with E-state index in [-0.39, 0.29) is 17.9 Å². The Hall–Kier alpha value is -1.67. The van der Waals surface area contributed by atoms with Crippen LogP contribution in [0.15, 0.2) is 34.9 Å². The van der Waals surface area contributed by atoms with Crippen LogP contribution in [0.5, 0.6) is 0 Å². The fourth-order valence-corrected chi connectivity index (χ4v) is 2.80. The van der Waals surface area contributed by atoms with Crippen molar-refractivity contribution >= 4 is 31.7 Å². The first-order valence-electron chi connectivity index (χ1n) is 6.01. The van der Waals surface area contributed by atoms with E-state index in [1.165, 1.54) is 10.9 Å². The number of benzene rings is 1. The molecule has 0 aliphatic rings. The monoisotopic (exact) mass is 372 g/mol. The Morgan fingerprint density at radius 2 is 2.05 bits per heavy atom. The van der Waals surface area contributed by atoms with Crippen molar-refractivity contribution in [2.45, 2.75) is 6.54 Å². The highest BCUT2D eigenvalue weighted by molar-refractivity contribution is 9.10. The van der Waals surface area contributed by atoms with Crippen LogP contribution in [0, 0.1) is 0 Å². The topological polar surface area (TPSA) is 89.3 Å². The molecule has 0 saturated carbocycles. The summed E-state index contributed by atoms with van der Waals surface area (Å²) in [5, 5.41) is 13.5. The summed E-state index contributed by atoms with van der Waals surface area (Å²) in [4.78, 5) is 11.3. The molecule has 2 aromatic rings. The summed E-state index contributed by atoms with van der Waals surface area (Å²) in [5.74, 6) is -1.20. The summed E-state index contributed by atoms with van der Waals surface area (Å²) < 4.78 is 24.4. The third kappa shape index (κ3) is 3.92. The van der Waals surface area contributed by atoms with Crippen LogP contribution in [0.25, 0.3) is 11.3 Å². The molecule has 0 radical (unpaired) electrons. The molecule has 112 valence electrons. The van der Waals surface area contributed by atoms with Crippen LogP contribution in [0.2, 0.25) is 0 Å². The van der Waals surface area contributed by atoms with Crippen molar-refractivity contribution < 1.29 is 18.3 Å². The Morgan fingerprint density at radius 1 is 1.38 bits per heavy atom. The first-order valence-corrected chi connectivity index (χ1v) is 8.86. The summed E-state index contributed by atoms with van der Waals surface area (Å²) in [6.45, 7) is 0.115. The standard InChI is InChI=1S/C13H13BrN2O4S/c1-21(19,20)7-6-16-8-10(13(17)18)12(15-16)9-4-2-3-5-11(9)14/h2-5,8H,6-7H2,1H3,(H,17,18). The van der Waals surface area contributed by atoms with Gasteiger partial charge in [-0.25, -0.2) is 13.2 Å². The number of sulfone groups is 1. The minimum atomic E-state index is -3.14. The van der Waals surface area contributed by atoms with Crippen molar-refractivity contribution in [1.82, 2.24) is 9.78 Å². The maximum atomic E-state index is 11.3. The predicted octanol–water partition coefficient (Wildman–Crippen LogP) is 2.06.